The molecule has 1 aliphatic rings. The van der Waals surface area contributed by atoms with E-state index < -0.39 is 0 Å². The van der Waals surface area contributed by atoms with Crippen LogP contribution in [0.2, 0.25) is 0 Å². The van der Waals surface area contributed by atoms with Gasteiger partial charge in [0.1, 0.15) is 5.76 Å². The molecule has 0 amide bonds. The molecule has 0 aliphatic carbocycles. The lowest BCUT2D eigenvalue weighted by Crippen LogP contribution is -2.27. The van der Waals surface area contributed by atoms with Crippen molar-refractivity contribution >= 4 is 0 Å². The number of oxazole rings is 1. The van der Waals surface area contributed by atoms with E-state index in [2.05, 4.69) is 22.5 Å². The van der Waals surface area contributed by atoms with Crippen LogP contribution in [0.3, 0.4) is 0 Å². The highest BCUT2D eigenvalue weighted by Gasteiger charge is 2.19. The summed E-state index contributed by atoms with van der Waals surface area (Å²) in [4.78, 5) is 4.37. The van der Waals surface area contributed by atoms with E-state index in [1.807, 2.05) is 13.2 Å². The molecule has 4 heteroatoms. The second kappa shape index (κ2) is 5.46. The van der Waals surface area contributed by atoms with E-state index in [0.717, 1.165) is 31.0 Å². The summed E-state index contributed by atoms with van der Waals surface area (Å²) in [5.74, 6) is 1.84. The average molecular weight is 223 g/mol. The van der Waals surface area contributed by atoms with E-state index in [1.54, 1.807) is 0 Å². The molecule has 0 aromatic carbocycles. The fraction of sp³-hybridized carbons (Fsp3) is 0.750. The van der Waals surface area contributed by atoms with Gasteiger partial charge in [-0.15, -0.1) is 0 Å². The van der Waals surface area contributed by atoms with Gasteiger partial charge >= 0.3 is 0 Å². The van der Waals surface area contributed by atoms with E-state index in [0.29, 0.717) is 12.1 Å². The van der Waals surface area contributed by atoms with Crippen molar-refractivity contribution in [2.45, 2.75) is 44.7 Å². The van der Waals surface area contributed by atoms with Crippen molar-refractivity contribution in [1.29, 1.82) is 0 Å². The number of aromatic nitrogens is 1. The Kier molecular flexibility index (Phi) is 3.96. The lowest BCUT2D eigenvalue weighted by Gasteiger charge is -2.20. The van der Waals surface area contributed by atoms with Crippen LogP contribution in [0.15, 0.2) is 10.6 Å². The number of rotatable bonds is 4. The fourth-order valence-corrected chi connectivity index (χ4v) is 2.04. The maximum absolute atomic E-state index is 5.78. The van der Waals surface area contributed by atoms with Gasteiger partial charge in [0.25, 0.3) is 0 Å². The molecule has 2 heterocycles. The fourth-order valence-electron chi connectivity index (χ4n) is 2.04. The van der Waals surface area contributed by atoms with Crippen molar-refractivity contribution in [3.63, 3.8) is 0 Å². The van der Waals surface area contributed by atoms with Crippen molar-refractivity contribution in [3.8, 4) is 0 Å². The zero-order valence-electron chi connectivity index (χ0n) is 10.1. The van der Waals surface area contributed by atoms with Crippen LogP contribution in [0.4, 0.5) is 0 Å². The molecule has 2 N–H and O–H groups in total. The molecule has 0 radical (unpaired) electrons. The molecule has 0 bridgehead atoms. The molecule has 1 fully saturated rings. The maximum atomic E-state index is 5.78. The monoisotopic (exact) mass is 223 g/mol. The number of piperidine rings is 1. The van der Waals surface area contributed by atoms with Crippen molar-refractivity contribution in [3.05, 3.63) is 17.8 Å². The van der Waals surface area contributed by atoms with Crippen LogP contribution in [-0.4, -0.2) is 24.6 Å². The quantitative estimate of drug-likeness (QED) is 0.814. The number of nitrogens with one attached hydrogen (secondary N) is 2. The molecule has 0 spiro atoms. The van der Waals surface area contributed by atoms with Gasteiger partial charge in [0.15, 0.2) is 0 Å². The Balaban J connectivity index is 1.95. The third kappa shape index (κ3) is 2.83. The highest BCUT2D eigenvalue weighted by atomic mass is 16.4. The normalized spacial score (nSPS) is 23.2. The average Bonchev–Trinajstić information content (AvgIpc) is 2.78. The number of hydrogen-bond acceptors (Lipinski definition) is 4. The Morgan fingerprint density at radius 1 is 1.62 bits per heavy atom. The van der Waals surface area contributed by atoms with Crippen molar-refractivity contribution in [2.24, 2.45) is 0 Å². The van der Waals surface area contributed by atoms with Gasteiger partial charge in [-0.3, -0.25) is 0 Å². The van der Waals surface area contributed by atoms with Crippen LogP contribution >= 0.6 is 0 Å². The van der Waals surface area contributed by atoms with Gasteiger partial charge in [-0.2, -0.15) is 0 Å². The summed E-state index contributed by atoms with van der Waals surface area (Å²) in [6.45, 7) is 3.22. The predicted octanol–water partition coefficient (Wildman–Crippen LogP) is 1.64. The van der Waals surface area contributed by atoms with Crippen LogP contribution in [0.5, 0.6) is 0 Å². The van der Waals surface area contributed by atoms with E-state index in [9.17, 15) is 0 Å². The molecule has 4 nitrogen and oxygen atoms in total. The molecule has 1 saturated heterocycles. The molecule has 2 rings (SSSR count). The zero-order valence-corrected chi connectivity index (χ0v) is 10.1. The predicted molar refractivity (Wildman–Crippen MR) is 63.3 cm³/mol. The first-order valence-electron chi connectivity index (χ1n) is 6.15. The molecule has 1 aliphatic heterocycles. The topological polar surface area (TPSA) is 50.1 Å². The highest BCUT2D eigenvalue weighted by Crippen LogP contribution is 2.22. The van der Waals surface area contributed by atoms with E-state index >= 15 is 0 Å². The molecule has 2 unspecified atom stereocenters. The van der Waals surface area contributed by atoms with Crippen LogP contribution in [-0.2, 0) is 6.42 Å². The molecule has 0 saturated carbocycles. The molecule has 90 valence electrons. The molecular weight excluding hydrogens is 202 g/mol. The lowest BCUT2D eigenvalue weighted by atomic mass is 10.1. The summed E-state index contributed by atoms with van der Waals surface area (Å²) >= 11 is 0. The second-order valence-corrected chi connectivity index (χ2v) is 4.56. The number of likely N-dealkylation sites (N-methyl/N-ethyl adjacent to an activating group) is 1. The first kappa shape index (κ1) is 11.6. The lowest BCUT2D eigenvalue weighted by molar-refractivity contribution is 0.326. The third-order valence-electron chi connectivity index (χ3n) is 3.18. The summed E-state index contributed by atoms with van der Waals surface area (Å²) in [5, 5.41) is 6.64. The highest BCUT2D eigenvalue weighted by molar-refractivity contribution is 5.00. The van der Waals surface area contributed by atoms with Crippen molar-refractivity contribution in [1.82, 2.24) is 15.6 Å². The molecule has 1 aromatic rings. The van der Waals surface area contributed by atoms with Gasteiger partial charge in [0.2, 0.25) is 5.89 Å². The summed E-state index contributed by atoms with van der Waals surface area (Å²) in [6.07, 6.45) is 6.43. The summed E-state index contributed by atoms with van der Waals surface area (Å²) in [5.41, 5.74) is 0. The first-order chi connectivity index (χ1) is 7.79. The Morgan fingerprint density at radius 2 is 2.50 bits per heavy atom. The van der Waals surface area contributed by atoms with Gasteiger partial charge < -0.3 is 15.1 Å². The molecule has 2 atom stereocenters. The molecular formula is C12H21N3O. The summed E-state index contributed by atoms with van der Waals surface area (Å²) in [6, 6.07) is 0.757. The second-order valence-electron chi connectivity index (χ2n) is 4.56. The van der Waals surface area contributed by atoms with E-state index in [-0.39, 0.29) is 0 Å². The van der Waals surface area contributed by atoms with Crippen LogP contribution in [0.1, 0.15) is 43.9 Å². The Morgan fingerprint density at radius 3 is 3.19 bits per heavy atom. The third-order valence-corrected chi connectivity index (χ3v) is 3.18. The minimum Gasteiger partial charge on any atom is -0.444 e. The minimum atomic E-state index is 0.326. The Labute approximate surface area is 96.8 Å². The van der Waals surface area contributed by atoms with Crippen LogP contribution in [0, 0.1) is 0 Å². The maximum Gasteiger partial charge on any atom is 0.211 e. The van der Waals surface area contributed by atoms with Crippen LogP contribution < -0.4 is 10.6 Å². The SMILES string of the molecule is CNC(C)Cc1cnc(C2CCCCN2)o1. The van der Waals surface area contributed by atoms with Gasteiger partial charge in [-0.1, -0.05) is 6.42 Å². The van der Waals surface area contributed by atoms with Crippen LogP contribution in [0.25, 0.3) is 0 Å². The van der Waals surface area contributed by atoms with Gasteiger partial charge in [0.05, 0.1) is 12.2 Å². The van der Waals surface area contributed by atoms with E-state index in [1.165, 1.54) is 12.8 Å². The zero-order chi connectivity index (χ0) is 11.4. The van der Waals surface area contributed by atoms with Gasteiger partial charge in [-0.25, -0.2) is 4.98 Å². The van der Waals surface area contributed by atoms with Crippen molar-refractivity contribution < 1.29 is 4.42 Å². The number of hydrogen-bond donors (Lipinski definition) is 2. The first-order valence-corrected chi connectivity index (χ1v) is 6.15. The molecule has 1 aromatic heterocycles. The van der Waals surface area contributed by atoms with Crippen molar-refractivity contribution in [2.75, 3.05) is 13.6 Å². The van der Waals surface area contributed by atoms with Gasteiger partial charge in [0, 0.05) is 12.5 Å². The van der Waals surface area contributed by atoms with Gasteiger partial charge in [-0.05, 0) is 33.4 Å². The Hall–Kier alpha value is -0.870. The number of nitrogens with zero attached hydrogens (tertiary/aromatic N) is 1. The Bertz CT molecular complexity index is 318. The smallest absolute Gasteiger partial charge is 0.211 e. The largest absolute Gasteiger partial charge is 0.444 e. The molecule has 16 heavy (non-hydrogen) atoms. The standard InChI is InChI=1S/C12H21N3O/c1-9(13-2)7-10-8-15-12(16-10)11-5-3-4-6-14-11/h8-9,11,13-14H,3-7H2,1-2H3. The summed E-state index contributed by atoms with van der Waals surface area (Å²) in [7, 11) is 1.96. The van der Waals surface area contributed by atoms with E-state index in [4.69, 9.17) is 4.42 Å². The summed E-state index contributed by atoms with van der Waals surface area (Å²) < 4.78 is 5.78. The minimum absolute atomic E-state index is 0.326.